The lowest BCUT2D eigenvalue weighted by atomic mass is 9.92. The molecule has 0 radical (unpaired) electrons. The second-order valence-corrected chi connectivity index (χ2v) is 8.43. The first-order valence-corrected chi connectivity index (χ1v) is 11.0. The Bertz CT molecular complexity index is 968. The minimum Gasteiger partial charge on any atom is -0.497 e. The van der Waals surface area contributed by atoms with Gasteiger partial charge in [-0.05, 0) is 61.4 Å². The molecule has 3 amide bonds. The number of carbonyl (C=O) groups is 3. The molecule has 1 saturated carbocycles. The molecule has 0 bridgehead atoms. The van der Waals surface area contributed by atoms with Gasteiger partial charge in [-0.2, -0.15) is 0 Å². The molecular weight excluding hydrogens is 416 g/mol. The molecule has 31 heavy (non-hydrogen) atoms. The van der Waals surface area contributed by atoms with Crippen molar-refractivity contribution in [3.05, 3.63) is 59.1 Å². The summed E-state index contributed by atoms with van der Waals surface area (Å²) in [4.78, 5) is 42.6. The molecule has 0 spiro atoms. The Labute approximate surface area is 186 Å². The van der Waals surface area contributed by atoms with Crippen LogP contribution < -0.4 is 9.64 Å². The maximum absolute atomic E-state index is 13.6. The largest absolute Gasteiger partial charge is 0.497 e. The van der Waals surface area contributed by atoms with Crippen molar-refractivity contribution in [1.82, 2.24) is 4.90 Å². The summed E-state index contributed by atoms with van der Waals surface area (Å²) in [6, 6.07) is 12.6. The van der Waals surface area contributed by atoms with E-state index >= 15 is 0 Å². The summed E-state index contributed by atoms with van der Waals surface area (Å²) >= 11 is 5.95. The Hall–Kier alpha value is -2.86. The van der Waals surface area contributed by atoms with E-state index in [0.29, 0.717) is 22.0 Å². The maximum Gasteiger partial charge on any atom is 0.257 e. The summed E-state index contributed by atoms with van der Waals surface area (Å²) < 4.78 is 5.19. The van der Waals surface area contributed by atoms with Crippen LogP contribution in [-0.4, -0.2) is 41.8 Å². The average molecular weight is 441 g/mol. The van der Waals surface area contributed by atoms with Crippen molar-refractivity contribution in [2.45, 2.75) is 50.6 Å². The number of methoxy groups -OCH3 is 1. The number of halogens is 1. The van der Waals surface area contributed by atoms with Gasteiger partial charge in [-0.1, -0.05) is 30.9 Å². The third kappa shape index (κ3) is 4.30. The Morgan fingerprint density at radius 3 is 2.26 bits per heavy atom. The van der Waals surface area contributed by atoms with Crippen molar-refractivity contribution in [3.63, 3.8) is 0 Å². The fourth-order valence-corrected chi connectivity index (χ4v) is 4.62. The van der Waals surface area contributed by atoms with E-state index in [1.165, 1.54) is 4.90 Å². The van der Waals surface area contributed by atoms with Crippen molar-refractivity contribution in [3.8, 4) is 5.75 Å². The van der Waals surface area contributed by atoms with E-state index in [1.54, 1.807) is 60.5 Å². The van der Waals surface area contributed by atoms with Crippen LogP contribution >= 0.6 is 11.6 Å². The number of benzene rings is 2. The lowest BCUT2D eigenvalue weighted by molar-refractivity contribution is -0.123. The minimum atomic E-state index is -0.805. The Kier molecular flexibility index (Phi) is 6.28. The molecule has 1 unspecified atom stereocenters. The number of nitrogens with zero attached hydrogens (tertiary/aromatic N) is 2. The second-order valence-electron chi connectivity index (χ2n) is 8.00. The molecule has 0 N–H and O–H groups in total. The van der Waals surface area contributed by atoms with Gasteiger partial charge in [0, 0.05) is 16.6 Å². The van der Waals surface area contributed by atoms with Gasteiger partial charge in [0.1, 0.15) is 11.8 Å². The second kappa shape index (κ2) is 9.10. The number of carbonyl (C=O) groups excluding carboxylic acids is 3. The van der Waals surface area contributed by atoms with Crippen molar-refractivity contribution in [2.24, 2.45) is 0 Å². The molecule has 6 nitrogen and oxygen atoms in total. The van der Waals surface area contributed by atoms with Gasteiger partial charge < -0.3 is 9.64 Å². The molecule has 2 aliphatic rings. The van der Waals surface area contributed by atoms with Crippen molar-refractivity contribution in [1.29, 1.82) is 0 Å². The molecule has 1 atom stereocenters. The van der Waals surface area contributed by atoms with E-state index in [9.17, 15) is 14.4 Å². The van der Waals surface area contributed by atoms with Gasteiger partial charge >= 0.3 is 0 Å². The third-order valence-electron chi connectivity index (χ3n) is 6.08. The maximum atomic E-state index is 13.6. The standard InChI is InChI=1S/C24H25ClN2O4/c1-31-20-13-7-16(8-14-20)23(29)26(18-5-3-2-4-6-18)21-15-22(28)27(24(21)30)19-11-9-17(25)10-12-19/h7-14,18,21H,2-6,15H2,1H3. The van der Waals surface area contributed by atoms with Gasteiger partial charge in [-0.25, -0.2) is 4.90 Å². The molecule has 2 fully saturated rings. The fourth-order valence-electron chi connectivity index (χ4n) is 4.50. The van der Waals surface area contributed by atoms with Gasteiger partial charge in [-0.15, -0.1) is 0 Å². The first-order valence-electron chi connectivity index (χ1n) is 10.6. The molecule has 4 rings (SSSR count). The number of amides is 3. The molecule has 1 aliphatic carbocycles. The molecule has 0 aromatic heterocycles. The number of anilines is 1. The van der Waals surface area contributed by atoms with E-state index < -0.39 is 6.04 Å². The van der Waals surface area contributed by atoms with E-state index in [-0.39, 0.29) is 30.2 Å². The highest BCUT2D eigenvalue weighted by molar-refractivity contribution is 6.31. The van der Waals surface area contributed by atoms with Crippen LogP contribution in [-0.2, 0) is 9.59 Å². The average Bonchev–Trinajstić information content (AvgIpc) is 3.09. The summed E-state index contributed by atoms with van der Waals surface area (Å²) in [6.45, 7) is 0. The van der Waals surface area contributed by atoms with Gasteiger partial charge in [0.15, 0.2) is 0 Å². The highest BCUT2D eigenvalue weighted by Crippen LogP contribution is 2.32. The van der Waals surface area contributed by atoms with Crippen molar-refractivity contribution >= 4 is 35.0 Å². The van der Waals surface area contributed by atoms with E-state index in [4.69, 9.17) is 16.3 Å². The van der Waals surface area contributed by atoms with E-state index in [1.807, 2.05) is 0 Å². The van der Waals surface area contributed by atoms with E-state index in [0.717, 1.165) is 32.1 Å². The highest BCUT2D eigenvalue weighted by Gasteiger charge is 2.46. The fraction of sp³-hybridized carbons (Fsp3) is 0.375. The van der Waals surface area contributed by atoms with Crippen molar-refractivity contribution in [2.75, 3.05) is 12.0 Å². The minimum absolute atomic E-state index is 0.0140. The first-order chi connectivity index (χ1) is 15.0. The van der Waals surface area contributed by atoms with Gasteiger partial charge in [-0.3, -0.25) is 14.4 Å². The molecule has 2 aromatic carbocycles. The van der Waals surface area contributed by atoms with Crippen LogP contribution in [0.3, 0.4) is 0 Å². The normalized spacial score (nSPS) is 19.5. The molecule has 7 heteroatoms. The van der Waals surface area contributed by atoms with Gasteiger partial charge in [0.25, 0.3) is 11.8 Å². The first kappa shape index (κ1) is 21.4. The SMILES string of the molecule is COc1ccc(C(=O)N(C2CCCCC2)C2CC(=O)N(c3ccc(Cl)cc3)C2=O)cc1. The lowest BCUT2D eigenvalue weighted by Crippen LogP contribution is -2.51. The van der Waals surface area contributed by atoms with Crippen LogP contribution in [0.4, 0.5) is 5.69 Å². The van der Waals surface area contributed by atoms with Crippen LogP contribution in [0.5, 0.6) is 5.75 Å². The Morgan fingerprint density at radius 1 is 1.00 bits per heavy atom. The zero-order valence-corrected chi connectivity index (χ0v) is 18.2. The summed E-state index contributed by atoms with van der Waals surface area (Å²) in [5, 5.41) is 0.526. The molecule has 1 heterocycles. The summed E-state index contributed by atoms with van der Waals surface area (Å²) in [6.07, 6.45) is 4.79. The van der Waals surface area contributed by atoms with Gasteiger partial charge in [0.2, 0.25) is 5.91 Å². The number of hydrogen-bond acceptors (Lipinski definition) is 4. The zero-order chi connectivity index (χ0) is 22.0. The van der Waals surface area contributed by atoms with Crippen LogP contribution in [0.25, 0.3) is 0 Å². The van der Waals surface area contributed by atoms with Crippen molar-refractivity contribution < 1.29 is 19.1 Å². The third-order valence-corrected chi connectivity index (χ3v) is 6.33. The van der Waals surface area contributed by atoms with Gasteiger partial charge in [0.05, 0.1) is 19.2 Å². The summed E-state index contributed by atoms with van der Waals surface area (Å²) in [5.41, 5.74) is 0.957. The topological polar surface area (TPSA) is 66.9 Å². The number of rotatable bonds is 5. The predicted molar refractivity (Wildman–Crippen MR) is 118 cm³/mol. The number of ether oxygens (including phenoxy) is 1. The molecule has 162 valence electrons. The zero-order valence-electron chi connectivity index (χ0n) is 17.4. The predicted octanol–water partition coefficient (Wildman–Crippen LogP) is 4.46. The summed E-state index contributed by atoms with van der Waals surface area (Å²) in [7, 11) is 1.57. The molecule has 2 aromatic rings. The lowest BCUT2D eigenvalue weighted by Gasteiger charge is -2.37. The number of imide groups is 1. The monoisotopic (exact) mass is 440 g/mol. The molecule has 1 aliphatic heterocycles. The molecule has 1 saturated heterocycles. The Balaban J connectivity index is 1.66. The van der Waals surface area contributed by atoms with Crippen LogP contribution in [0.2, 0.25) is 5.02 Å². The van der Waals surface area contributed by atoms with Crippen LogP contribution in [0.15, 0.2) is 48.5 Å². The Morgan fingerprint density at radius 2 is 1.65 bits per heavy atom. The van der Waals surface area contributed by atoms with Crippen LogP contribution in [0.1, 0.15) is 48.9 Å². The quantitative estimate of drug-likeness (QED) is 0.644. The smallest absolute Gasteiger partial charge is 0.257 e. The highest BCUT2D eigenvalue weighted by atomic mass is 35.5. The van der Waals surface area contributed by atoms with E-state index in [2.05, 4.69) is 0 Å². The molecular formula is C24H25ClN2O4. The number of hydrogen-bond donors (Lipinski definition) is 0. The summed E-state index contributed by atoms with van der Waals surface area (Å²) in [5.74, 6) is -0.235. The van der Waals surface area contributed by atoms with Crippen LogP contribution in [0, 0.1) is 0 Å².